The SMILES string of the molecule is c1ccc(-c2c(-c3c4ccccc4c(-c4ccc(-c5ccccc5)c5oc6ccccc6c45)c4ccccc34)ccc3ccccc23)cc1. The lowest BCUT2D eigenvalue weighted by Crippen LogP contribution is -1.94. The summed E-state index contributed by atoms with van der Waals surface area (Å²) < 4.78 is 6.72. The molecule has 0 saturated carbocycles. The molecule has 0 saturated heterocycles. The minimum atomic E-state index is 0.899. The summed E-state index contributed by atoms with van der Waals surface area (Å²) >= 11 is 0. The largest absolute Gasteiger partial charge is 0.455 e. The summed E-state index contributed by atoms with van der Waals surface area (Å²) in [6.45, 7) is 0. The summed E-state index contributed by atoms with van der Waals surface area (Å²) in [6, 6.07) is 65.6. The molecule has 10 rings (SSSR count). The second kappa shape index (κ2) is 11.1. The van der Waals surface area contributed by atoms with Crippen LogP contribution in [0.2, 0.25) is 0 Å². The first-order valence-corrected chi connectivity index (χ1v) is 16.9. The quantitative estimate of drug-likeness (QED) is 0.178. The zero-order valence-electron chi connectivity index (χ0n) is 26.7. The normalized spacial score (nSPS) is 11.7. The van der Waals surface area contributed by atoms with Crippen molar-refractivity contribution in [2.75, 3.05) is 0 Å². The number of furan rings is 1. The second-order valence-electron chi connectivity index (χ2n) is 12.7. The van der Waals surface area contributed by atoms with Gasteiger partial charge in [-0.1, -0.05) is 170 Å². The summed E-state index contributed by atoms with van der Waals surface area (Å²) in [4.78, 5) is 0. The van der Waals surface area contributed by atoms with E-state index in [0.717, 1.165) is 33.1 Å². The highest BCUT2D eigenvalue weighted by molar-refractivity contribution is 6.27. The maximum Gasteiger partial charge on any atom is 0.143 e. The molecule has 0 amide bonds. The molecule has 0 atom stereocenters. The Bertz CT molecular complexity index is 2800. The van der Waals surface area contributed by atoms with Gasteiger partial charge in [0.25, 0.3) is 0 Å². The Morgan fingerprint density at radius 3 is 1.41 bits per heavy atom. The zero-order chi connectivity index (χ0) is 32.3. The standard InChI is InChI=1S/C48H30O/c1-3-15-31(16-4-1)35-29-30-42(47-40-25-13-14-26-43(40)49-48(35)47)46-38-23-11-9-21-36(38)45(37-22-10-12-24-39(37)46)41-28-27-32-17-7-8-20-34(32)44(41)33-18-5-2-6-19-33/h1-30H. The third-order valence-electron chi connectivity index (χ3n) is 10.1. The van der Waals surface area contributed by atoms with Crippen molar-refractivity contribution >= 4 is 54.3 Å². The molecule has 228 valence electrons. The van der Waals surface area contributed by atoms with Gasteiger partial charge in [0.2, 0.25) is 0 Å². The van der Waals surface area contributed by atoms with E-state index in [1.165, 1.54) is 65.7 Å². The van der Waals surface area contributed by atoms with Gasteiger partial charge in [0.05, 0.1) is 0 Å². The van der Waals surface area contributed by atoms with E-state index in [-0.39, 0.29) is 0 Å². The highest BCUT2D eigenvalue weighted by Crippen LogP contribution is 2.50. The van der Waals surface area contributed by atoms with Crippen LogP contribution in [0.25, 0.3) is 98.8 Å². The van der Waals surface area contributed by atoms with Crippen molar-refractivity contribution in [2.45, 2.75) is 0 Å². The molecular weight excluding hydrogens is 593 g/mol. The smallest absolute Gasteiger partial charge is 0.143 e. The molecule has 0 spiro atoms. The topological polar surface area (TPSA) is 13.1 Å². The van der Waals surface area contributed by atoms with E-state index >= 15 is 0 Å². The Hall–Kier alpha value is -6.44. The van der Waals surface area contributed by atoms with Crippen LogP contribution in [0.3, 0.4) is 0 Å². The van der Waals surface area contributed by atoms with Crippen LogP contribution in [0.5, 0.6) is 0 Å². The number of rotatable bonds is 4. The fourth-order valence-corrected chi connectivity index (χ4v) is 7.99. The monoisotopic (exact) mass is 622 g/mol. The molecular formula is C48H30O. The number of fused-ring (bicyclic) bond motifs is 6. The van der Waals surface area contributed by atoms with E-state index in [1.54, 1.807) is 0 Å². The molecule has 1 nitrogen and oxygen atoms in total. The van der Waals surface area contributed by atoms with Gasteiger partial charge in [-0.25, -0.2) is 0 Å². The lowest BCUT2D eigenvalue weighted by Gasteiger charge is -2.21. The minimum Gasteiger partial charge on any atom is -0.455 e. The van der Waals surface area contributed by atoms with E-state index in [2.05, 4.69) is 182 Å². The Labute approximate surface area is 284 Å². The molecule has 0 bridgehead atoms. The summed E-state index contributed by atoms with van der Waals surface area (Å²) in [5.74, 6) is 0. The van der Waals surface area contributed by atoms with E-state index < -0.39 is 0 Å². The fourth-order valence-electron chi connectivity index (χ4n) is 7.99. The molecule has 1 aromatic heterocycles. The highest BCUT2D eigenvalue weighted by Gasteiger charge is 2.23. The van der Waals surface area contributed by atoms with Crippen LogP contribution >= 0.6 is 0 Å². The summed E-state index contributed by atoms with van der Waals surface area (Å²) in [6.07, 6.45) is 0. The molecule has 0 fully saturated rings. The number of hydrogen-bond donors (Lipinski definition) is 0. The first-order chi connectivity index (χ1) is 24.3. The molecule has 0 N–H and O–H groups in total. The Balaban J connectivity index is 1.36. The van der Waals surface area contributed by atoms with Crippen LogP contribution in [0.4, 0.5) is 0 Å². The molecule has 49 heavy (non-hydrogen) atoms. The minimum absolute atomic E-state index is 0.899. The average Bonchev–Trinajstić information content (AvgIpc) is 3.57. The zero-order valence-corrected chi connectivity index (χ0v) is 26.7. The van der Waals surface area contributed by atoms with Gasteiger partial charge < -0.3 is 4.42 Å². The molecule has 0 aliphatic heterocycles. The van der Waals surface area contributed by atoms with Crippen LogP contribution in [0.1, 0.15) is 0 Å². The lowest BCUT2D eigenvalue weighted by molar-refractivity contribution is 0.670. The van der Waals surface area contributed by atoms with Gasteiger partial charge in [-0.15, -0.1) is 0 Å². The van der Waals surface area contributed by atoms with Crippen molar-refractivity contribution in [1.29, 1.82) is 0 Å². The Morgan fingerprint density at radius 2 is 0.755 bits per heavy atom. The summed E-state index contributed by atoms with van der Waals surface area (Å²) in [5.41, 5.74) is 11.5. The Morgan fingerprint density at radius 1 is 0.286 bits per heavy atom. The van der Waals surface area contributed by atoms with E-state index in [1.807, 2.05) is 0 Å². The van der Waals surface area contributed by atoms with Gasteiger partial charge in [-0.05, 0) is 83.4 Å². The summed E-state index contributed by atoms with van der Waals surface area (Å²) in [7, 11) is 0. The van der Waals surface area contributed by atoms with Gasteiger partial charge in [-0.2, -0.15) is 0 Å². The predicted octanol–water partition coefficient (Wildman–Crippen LogP) is 13.7. The van der Waals surface area contributed by atoms with E-state index in [4.69, 9.17) is 4.42 Å². The molecule has 1 heteroatoms. The van der Waals surface area contributed by atoms with Crippen molar-refractivity contribution in [3.63, 3.8) is 0 Å². The lowest BCUT2D eigenvalue weighted by atomic mass is 9.81. The van der Waals surface area contributed by atoms with E-state index in [9.17, 15) is 0 Å². The van der Waals surface area contributed by atoms with Crippen LogP contribution in [0.15, 0.2) is 186 Å². The second-order valence-corrected chi connectivity index (χ2v) is 12.7. The van der Waals surface area contributed by atoms with Gasteiger partial charge in [0.1, 0.15) is 11.2 Å². The number of hydrogen-bond acceptors (Lipinski definition) is 1. The molecule has 9 aromatic carbocycles. The van der Waals surface area contributed by atoms with Crippen LogP contribution in [-0.4, -0.2) is 0 Å². The fraction of sp³-hybridized carbons (Fsp3) is 0. The maximum atomic E-state index is 6.72. The van der Waals surface area contributed by atoms with Gasteiger partial charge in [0, 0.05) is 16.3 Å². The molecule has 10 aromatic rings. The third kappa shape index (κ3) is 4.26. The first-order valence-electron chi connectivity index (χ1n) is 16.9. The van der Waals surface area contributed by atoms with Crippen molar-refractivity contribution in [3.8, 4) is 44.5 Å². The van der Waals surface area contributed by atoms with Crippen LogP contribution < -0.4 is 0 Å². The maximum absolute atomic E-state index is 6.72. The molecule has 0 aliphatic carbocycles. The highest BCUT2D eigenvalue weighted by atomic mass is 16.3. The third-order valence-corrected chi connectivity index (χ3v) is 10.1. The van der Waals surface area contributed by atoms with Crippen molar-refractivity contribution in [2.24, 2.45) is 0 Å². The van der Waals surface area contributed by atoms with Gasteiger partial charge in [-0.3, -0.25) is 0 Å². The molecule has 0 aliphatic rings. The Kier molecular flexibility index (Phi) is 6.25. The average molecular weight is 623 g/mol. The number of para-hydroxylation sites is 1. The van der Waals surface area contributed by atoms with E-state index in [0.29, 0.717) is 0 Å². The molecule has 0 unspecified atom stereocenters. The first kappa shape index (κ1) is 27.7. The molecule has 0 radical (unpaired) electrons. The van der Waals surface area contributed by atoms with Crippen molar-refractivity contribution < 1.29 is 4.42 Å². The number of benzene rings is 9. The van der Waals surface area contributed by atoms with Gasteiger partial charge >= 0.3 is 0 Å². The van der Waals surface area contributed by atoms with Crippen LogP contribution in [-0.2, 0) is 0 Å². The molecule has 1 heterocycles. The van der Waals surface area contributed by atoms with Crippen molar-refractivity contribution in [3.05, 3.63) is 182 Å². The summed E-state index contributed by atoms with van der Waals surface area (Å²) in [5, 5.41) is 9.69. The van der Waals surface area contributed by atoms with Crippen LogP contribution in [0, 0.1) is 0 Å². The van der Waals surface area contributed by atoms with Gasteiger partial charge in [0.15, 0.2) is 0 Å². The van der Waals surface area contributed by atoms with Crippen molar-refractivity contribution in [1.82, 2.24) is 0 Å². The predicted molar refractivity (Wildman–Crippen MR) is 208 cm³/mol.